The topological polar surface area (TPSA) is 46.9 Å². The second-order valence-corrected chi connectivity index (χ2v) is 5.85. The van der Waals surface area contributed by atoms with Crippen molar-refractivity contribution in [1.82, 2.24) is 9.78 Å². The van der Waals surface area contributed by atoms with Gasteiger partial charge in [0, 0.05) is 11.3 Å². The van der Waals surface area contributed by atoms with E-state index in [1.54, 1.807) is 35.0 Å². The lowest BCUT2D eigenvalue weighted by molar-refractivity contribution is 0.102. The molecule has 0 radical (unpaired) electrons. The maximum absolute atomic E-state index is 13.9. The van der Waals surface area contributed by atoms with Crippen molar-refractivity contribution in [2.75, 3.05) is 5.32 Å². The number of carbonyl (C=O) groups excluding carboxylic acids is 1. The standard InChI is InChI=1S/C18H15ClFN3O/c1-11-10-12(2)23(22-11)14-8-6-13(7-9-14)18(24)21-16-5-3-4-15(19)17(16)20/h3-10H,1-2H3,(H,21,24). The van der Waals surface area contributed by atoms with Crippen molar-refractivity contribution in [2.24, 2.45) is 0 Å². The monoisotopic (exact) mass is 343 g/mol. The molecule has 0 atom stereocenters. The Hall–Kier alpha value is -2.66. The molecule has 0 saturated carbocycles. The highest BCUT2D eigenvalue weighted by molar-refractivity contribution is 6.31. The molecule has 3 rings (SSSR count). The fourth-order valence-electron chi connectivity index (χ4n) is 2.44. The van der Waals surface area contributed by atoms with Crippen LogP contribution >= 0.6 is 11.6 Å². The van der Waals surface area contributed by atoms with Crippen LogP contribution in [0.3, 0.4) is 0 Å². The van der Waals surface area contributed by atoms with Crippen molar-refractivity contribution in [3.05, 3.63) is 76.3 Å². The van der Waals surface area contributed by atoms with E-state index in [2.05, 4.69) is 10.4 Å². The number of hydrogen-bond donors (Lipinski definition) is 1. The Bertz CT molecular complexity index is 903. The molecule has 24 heavy (non-hydrogen) atoms. The van der Waals surface area contributed by atoms with E-state index in [-0.39, 0.29) is 10.7 Å². The van der Waals surface area contributed by atoms with Gasteiger partial charge >= 0.3 is 0 Å². The van der Waals surface area contributed by atoms with Gasteiger partial charge in [0.25, 0.3) is 5.91 Å². The van der Waals surface area contributed by atoms with Crippen molar-refractivity contribution in [3.8, 4) is 5.69 Å². The molecule has 1 heterocycles. The lowest BCUT2D eigenvalue weighted by Crippen LogP contribution is -2.13. The second kappa shape index (κ2) is 6.45. The smallest absolute Gasteiger partial charge is 0.255 e. The third-order valence-electron chi connectivity index (χ3n) is 3.58. The van der Waals surface area contributed by atoms with E-state index >= 15 is 0 Å². The summed E-state index contributed by atoms with van der Waals surface area (Å²) in [5, 5.41) is 6.88. The van der Waals surface area contributed by atoms with Crippen LogP contribution in [0.1, 0.15) is 21.7 Å². The SMILES string of the molecule is Cc1cc(C)n(-c2ccc(C(=O)Nc3cccc(Cl)c3F)cc2)n1. The highest BCUT2D eigenvalue weighted by atomic mass is 35.5. The van der Waals surface area contributed by atoms with Gasteiger partial charge in [0.1, 0.15) is 0 Å². The van der Waals surface area contributed by atoms with E-state index in [4.69, 9.17) is 11.6 Å². The minimum Gasteiger partial charge on any atom is -0.319 e. The van der Waals surface area contributed by atoms with Crippen LogP contribution in [0.5, 0.6) is 0 Å². The van der Waals surface area contributed by atoms with Crippen molar-refractivity contribution in [2.45, 2.75) is 13.8 Å². The first-order valence-corrected chi connectivity index (χ1v) is 7.72. The van der Waals surface area contributed by atoms with Crippen LogP contribution < -0.4 is 5.32 Å². The largest absolute Gasteiger partial charge is 0.319 e. The fourth-order valence-corrected chi connectivity index (χ4v) is 2.61. The number of aryl methyl sites for hydroxylation is 2. The molecule has 0 fully saturated rings. The van der Waals surface area contributed by atoms with Gasteiger partial charge in [-0.3, -0.25) is 4.79 Å². The maximum atomic E-state index is 13.9. The summed E-state index contributed by atoms with van der Waals surface area (Å²) >= 11 is 5.71. The molecule has 1 aromatic heterocycles. The number of benzene rings is 2. The minimum absolute atomic E-state index is 0.0346. The molecular formula is C18H15ClFN3O. The third kappa shape index (κ3) is 3.16. The quantitative estimate of drug-likeness (QED) is 0.759. The Morgan fingerprint density at radius 3 is 2.50 bits per heavy atom. The van der Waals surface area contributed by atoms with Crippen LogP contribution in [-0.4, -0.2) is 15.7 Å². The zero-order chi connectivity index (χ0) is 17.3. The number of amides is 1. The van der Waals surface area contributed by atoms with E-state index in [1.165, 1.54) is 12.1 Å². The summed E-state index contributed by atoms with van der Waals surface area (Å²) in [6, 6.07) is 13.4. The highest BCUT2D eigenvalue weighted by Gasteiger charge is 2.12. The molecule has 0 aliphatic heterocycles. The van der Waals surface area contributed by atoms with Crippen LogP contribution in [0.25, 0.3) is 5.69 Å². The van der Waals surface area contributed by atoms with Crippen molar-refractivity contribution < 1.29 is 9.18 Å². The Balaban J connectivity index is 1.81. The van der Waals surface area contributed by atoms with Crippen molar-refractivity contribution in [3.63, 3.8) is 0 Å². The summed E-state index contributed by atoms with van der Waals surface area (Å²) in [6.07, 6.45) is 0. The van der Waals surface area contributed by atoms with Gasteiger partial charge in [-0.2, -0.15) is 5.10 Å². The lowest BCUT2D eigenvalue weighted by atomic mass is 10.2. The number of carbonyl (C=O) groups is 1. The van der Waals surface area contributed by atoms with Crippen LogP contribution in [0, 0.1) is 19.7 Å². The molecular weight excluding hydrogens is 329 g/mol. The first kappa shape index (κ1) is 16.2. The van der Waals surface area contributed by atoms with Gasteiger partial charge in [-0.1, -0.05) is 17.7 Å². The zero-order valence-corrected chi connectivity index (χ0v) is 13.9. The number of nitrogens with zero attached hydrogens (tertiary/aromatic N) is 2. The van der Waals surface area contributed by atoms with Gasteiger partial charge in [-0.25, -0.2) is 9.07 Å². The van der Waals surface area contributed by atoms with Crippen molar-refractivity contribution in [1.29, 1.82) is 0 Å². The van der Waals surface area contributed by atoms with Crippen LogP contribution in [0.15, 0.2) is 48.5 Å². The Morgan fingerprint density at radius 1 is 1.17 bits per heavy atom. The molecule has 0 aliphatic rings. The zero-order valence-electron chi connectivity index (χ0n) is 13.2. The Kier molecular flexibility index (Phi) is 4.36. The number of rotatable bonds is 3. The average Bonchev–Trinajstić information content (AvgIpc) is 2.90. The molecule has 0 unspecified atom stereocenters. The molecule has 0 aliphatic carbocycles. The second-order valence-electron chi connectivity index (χ2n) is 5.44. The number of anilines is 1. The van der Waals surface area contributed by atoms with Crippen molar-refractivity contribution >= 4 is 23.2 Å². The number of hydrogen-bond acceptors (Lipinski definition) is 2. The Morgan fingerprint density at radius 2 is 1.88 bits per heavy atom. The molecule has 0 saturated heterocycles. The molecule has 122 valence electrons. The molecule has 3 aromatic rings. The summed E-state index contributed by atoms with van der Waals surface area (Å²) < 4.78 is 15.7. The summed E-state index contributed by atoms with van der Waals surface area (Å²) in [5.74, 6) is -1.05. The van der Waals surface area contributed by atoms with E-state index in [0.29, 0.717) is 5.56 Å². The first-order chi connectivity index (χ1) is 11.5. The third-order valence-corrected chi connectivity index (χ3v) is 3.88. The van der Waals surface area contributed by atoms with Crippen LogP contribution in [0.4, 0.5) is 10.1 Å². The van der Waals surface area contributed by atoms with Gasteiger partial charge in [0.05, 0.1) is 22.1 Å². The molecule has 6 heteroatoms. The van der Waals surface area contributed by atoms with Gasteiger partial charge in [0.2, 0.25) is 0 Å². The summed E-state index contributed by atoms with van der Waals surface area (Å²) in [5.41, 5.74) is 3.25. The van der Waals surface area contributed by atoms with Gasteiger partial charge < -0.3 is 5.32 Å². The van der Waals surface area contributed by atoms with E-state index in [9.17, 15) is 9.18 Å². The average molecular weight is 344 g/mol. The Labute approximate surface area is 143 Å². The predicted molar refractivity (Wildman–Crippen MR) is 92.4 cm³/mol. The highest BCUT2D eigenvalue weighted by Crippen LogP contribution is 2.22. The van der Waals surface area contributed by atoms with E-state index in [0.717, 1.165) is 17.1 Å². The molecule has 0 bridgehead atoms. The molecule has 1 amide bonds. The van der Waals surface area contributed by atoms with Crippen LogP contribution in [0.2, 0.25) is 5.02 Å². The minimum atomic E-state index is -0.647. The maximum Gasteiger partial charge on any atom is 0.255 e. The normalized spacial score (nSPS) is 10.7. The number of nitrogens with one attached hydrogen (secondary N) is 1. The predicted octanol–water partition coefficient (Wildman–Crippen LogP) is 4.53. The van der Waals surface area contributed by atoms with Gasteiger partial charge in [0.15, 0.2) is 5.82 Å². The molecule has 0 spiro atoms. The lowest BCUT2D eigenvalue weighted by Gasteiger charge is -2.09. The number of halogens is 2. The van der Waals surface area contributed by atoms with Crippen LogP contribution in [-0.2, 0) is 0 Å². The van der Waals surface area contributed by atoms with E-state index in [1.807, 2.05) is 19.9 Å². The first-order valence-electron chi connectivity index (χ1n) is 7.35. The van der Waals surface area contributed by atoms with Gasteiger partial charge in [-0.15, -0.1) is 0 Å². The summed E-state index contributed by atoms with van der Waals surface area (Å²) in [6.45, 7) is 3.88. The fraction of sp³-hybridized carbons (Fsp3) is 0.111. The molecule has 1 N–H and O–H groups in total. The van der Waals surface area contributed by atoms with E-state index < -0.39 is 11.7 Å². The molecule has 4 nitrogen and oxygen atoms in total. The summed E-state index contributed by atoms with van der Waals surface area (Å²) in [7, 11) is 0. The molecule has 2 aromatic carbocycles. The number of aromatic nitrogens is 2. The van der Waals surface area contributed by atoms with Gasteiger partial charge in [-0.05, 0) is 56.3 Å². The summed E-state index contributed by atoms with van der Waals surface area (Å²) in [4.78, 5) is 12.3.